The molecule has 2 atom stereocenters. The van der Waals surface area contributed by atoms with Gasteiger partial charge in [-0.15, -0.1) is 0 Å². The highest BCUT2D eigenvalue weighted by molar-refractivity contribution is 6.09. The van der Waals surface area contributed by atoms with Crippen molar-refractivity contribution in [1.82, 2.24) is 20.3 Å². The van der Waals surface area contributed by atoms with Crippen LogP contribution in [-0.2, 0) is 15.8 Å². The van der Waals surface area contributed by atoms with Gasteiger partial charge in [-0.1, -0.05) is 6.07 Å². The van der Waals surface area contributed by atoms with E-state index in [2.05, 4.69) is 25.6 Å². The monoisotopic (exact) mass is 678 g/mol. The fourth-order valence-corrected chi connectivity index (χ4v) is 5.32. The normalized spacial score (nSPS) is 16.8. The number of alkyl halides is 3. The van der Waals surface area contributed by atoms with Gasteiger partial charge in [0.05, 0.1) is 23.4 Å². The maximum atomic E-state index is 14.8. The summed E-state index contributed by atoms with van der Waals surface area (Å²) in [7, 11) is 0. The van der Waals surface area contributed by atoms with Crippen LogP contribution in [-0.4, -0.2) is 57.1 Å². The fourth-order valence-electron chi connectivity index (χ4n) is 5.32. The number of amides is 3. The number of hydrogen-bond acceptors (Lipinski definition) is 9. The minimum absolute atomic E-state index is 0.0509. The van der Waals surface area contributed by atoms with Crippen molar-refractivity contribution in [1.29, 1.82) is 0 Å². The number of aryl methyl sites for hydroxylation is 1. The standard InChI is InChI=1S/C33H26F4N6O6/c1-16-41-23(13-48-16)29(45)42-22-11-19(10-18-4-3-9-39-25(18)22)28(44)40-14-32(47,33(35,36)37)24-12-21-27(49-15-31(21,2)30(38)46)26(43-24)17-5-7-20(34)8-6-17/h3-13,47H,14-15H2,1-2H3,(H2,38,46)(H,40,44)(H,42,45)/t31-,32-/m0/s1. The van der Waals surface area contributed by atoms with Crippen LogP contribution in [0.1, 0.15) is 44.9 Å². The van der Waals surface area contributed by atoms with Gasteiger partial charge in [0, 0.05) is 35.2 Å². The molecule has 3 amide bonds. The molecule has 0 fully saturated rings. The molecule has 0 saturated heterocycles. The number of carbonyl (C=O) groups is 3. The van der Waals surface area contributed by atoms with Gasteiger partial charge in [-0.2, -0.15) is 13.2 Å². The topological polar surface area (TPSA) is 183 Å². The highest BCUT2D eigenvalue weighted by atomic mass is 19.4. The molecule has 252 valence electrons. The predicted octanol–water partition coefficient (Wildman–Crippen LogP) is 4.30. The molecular weight excluding hydrogens is 652 g/mol. The van der Waals surface area contributed by atoms with Crippen LogP contribution in [0.25, 0.3) is 22.2 Å². The third-order valence-corrected chi connectivity index (χ3v) is 8.20. The lowest BCUT2D eigenvalue weighted by Crippen LogP contribution is -2.51. The number of hydrogen-bond donors (Lipinski definition) is 4. The van der Waals surface area contributed by atoms with Crippen molar-refractivity contribution in [3.8, 4) is 17.0 Å². The number of carbonyl (C=O) groups excluding carboxylic acids is 3. The molecule has 4 heterocycles. The molecule has 5 N–H and O–H groups in total. The summed E-state index contributed by atoms with van der Waals surface area (Å²) in [6.45, 7) is 1.14. The number of nitrogens with zero attached hydrogens (tertiary/aromatic N) is 3. The van der Waals surface area contributed by atoms with E-state index in [9.17, 15) is 37.1 Å². The van der Waals surface area contributed by atoms with Gasteiger partial charge < -0.3 is 30.6 Å². The average molecular weight is 679 g/mol. The summed E-state index contributed by atoms with van der Waals surface area (Å²) in [5.41, 5.74) is -0.873. The second-order valence-electron chi connectivity index (χ2n) is 11.6. The largest absolute Gasteiger partial charge is 0.489 e. The molecule has 16 heteroatoms. The number of halogens is 4. The number of aliphatic hydroxyl groups is 1. The van der Waals surface area contributed by atoms with Crippen molar-refractivity contribution >= 4 is 34.3 Å². The summed E-state index contributed by atoms with van der Waals surface area (Å²) in [4.78, 5) is 51.0. The number of fused-ring (bicyclic) bond motifs is 2. The third-order valence-electron chi connectivity index (χ3n) is 8.20. The summed E-state index contributed by atoms with van der Waals surface area (Å²) in [5, 5.41) is 16.4. The van der Waals surface area contributed by atoms with E-state index in [4.69, 9.17) is 14.9 Å². The van der Waals surface area contributed by atoms with Crippen molar-refractivity contribution in [2.24, 2.45) is 5.73 Å². The Kier molecular flexibility index (Phi) is 8.06. The molecule has 0 bridgehead atoms. The van der Waals surface area contributed by atoms with E-state index in [1.54, 1.807) is 12.1 Å². The molecule has 1 aliphatic rings. The molecule has 0 aliphatic carbocycles. The highest BCUT2D eigenvalue weighted by Gasteiger charge is 2.57. The lowest BCUT2D eigenvalue weighted by molar-refractivity contribution is -0.265. The second kappa shape index (κ2) is 12.0. The maximum Gasteiger partial charge on any atom is 0.424 e. The van der Waals surface area contributed by atoms with Crippen LogP contribution in [0.3, 0.4) is 0 Å². The Labute approximate surface area is 274 Å². The molecule has 0 unspecified atom stereocenters. The van der Waals surface area contributed by atoms with Crippen LogP contribution in [0.15, 0.2) is 71.5 Å². The second-order valence-corrected chi connectivity index (χ2v) is 11.6. The molecule has 5 aromatic rings. The molecule has 49 heavy (non-hydrogen) atoms. The van der Waals surface area contributed by atoms with Crippen LogP contribution in [0.5, 0.6) is 5.75 Å². The number of anilines is 1. The van der Waals surface area contributed by atoms with E-state index >= 15 is 0 Å². The molecule has 6 rings (SSSR count). The lowest BCUT2D eigenvalue weighted by atomic mass is 9.81. The molecule has 1 aliphatic heterocycles. The van der Waals surface area contributed by atoms with E-state index in [0.29, 0.717) is 5.39 Å². The summed E-state index contributed by atoms with van der Waals surface area (Å²) in [5.74, 6) is -3.12. The number of ether oxygens (including phenoxy) is 1. The van der Waals surface area contributed by atoms with Gasteiger partial charge in [-0.3, -0.25) is 19.4 Å². The van der Waals surface area contributed by atoms with Crippen LogP contribution in [0, 0.1) is 12.7 Å². The Morgan fingerprint density at radius 1 is 1.06 bits per heavy atom. The Bertz CT molecular complexity index is 2140. The predicted molar refractivity (Wildman–Crippen MR) is 165 cm³/mol. The van der Waals surface area contributed by atoms with E-state index in [1.807, 2.05) is 0 Å². The smallest absolute Gasteiger partial charge is 0.424 e. The van der Waals surface area contributed by atoms with Crippen LogP contribution in [0.2, 0.25) is 0 Å². The van der Waals surface area contributed by atoms with Crippen molar-refractivity contribution < 1.29 is 46.2 Å². The SMILES string of the molecule is Cc1nc(C(=O)Nc2cc(C(=O)NC[C@](O)(c3cc4c(c(-c5ccc(F)cc5)n3)OC[C@]4(C)C(N)=O)C(F)(F)F)cc3cccnc23)co1. The first-order valence-electron chi connectivity index (χ1n) is 14.5. The number of oxazole rings is 1. The van der Waals surface area contributed by atoms with Crippen molar-refractivity contribution in [2.75, 3.05) is 18.5 Å². The number of nitrogens with one attached hydrogen (secondary N) is 2. The molecule has 12 nitrogen and oxygen atoms in total. The lowest BCUT2D eigenvalue weighted by Gasteiger charge is -2.31. The molecule has 3 aromatic heterocycles. The maximum absolute atomic E-state index is 14.8. The molecule has 2 aromatic carbocycles. The minimum atomic E-state index is -5.42. The van der Waals surface area contributed by atoms with Gasteiger partial charge in [-0.05, 0) is 55.5 Å². The average Bonchev–Trinajstić information content (AvgIpc) is 3.66. The molecular formula is C33H26F4N6O6. The van der Waals surface area contributed by atoms with E-state index < -0.39 is 53.0 Å². The summed E-state index contributed by atoms with van der Waals surface area (Å²) < 4.78 is 68.9. The molecule has 0 saturated carbocycles. The van der Waals surface area contributed by atoms with Gasteiger partial charge in [0.15, 0.2) is 11.6 Å². The number of nitrogens with two attached hydrogens (primary N) is 1. The molecule has 0 spiro atoms. The number of rotatable bonds is 8. The Morgan fingerprint density at radius 2 is 1.80 bits per heavy atom. The zero-order valence-corrected chi connectivity index (χ0v) is 25.7. The number of aromatic nitrogens is 3. The number of pyridine rings is 2. The zero-order chi connectivity index (χ0) is 35.3. The van der Waals surface area contributed by atoms with Gasteiger partial charge in [-0.25, -0.2) is 14.4 Å². The Balaban J connectivity index is 1.38. The summed E-state index contributed by atoms with van der Waals surface area (Å²) >= 11 is 0. The van der Waals surface area contributed by atoms with Crippen LogP contribution < -0.4 is 21.1 Å². The van der Waals surface area contributed by atoms with E-state index in [-0.39, 0.29) is 57.5 Å². The fraction of sp³-hybridized carbons (Fsp3) is 0.212. The van der Waals surface area contributed by atoms with Crippen molar-refractivity contribution in [3.05, 3.63) is 101 Å². The molecule has 0 radical (unpaired) electrons. The highest BCUT2D eigenvalue weighted by Crippen LogP contribution is 2.47. The van der Waals surface area contributed by atoms with Gasteiger partial charge in [0.25, 0.3) is 11.8 Å². The van der Waals surface area contributed by atoms with Crippen LogP contribution >= 0.6 is 0 Å². The van der Waals surface area contributed by atoms with E-state index in [0.717, 1.165) is 24.5 Å². The van der Waals surface area contributed by atoms with Crippen molar-refractivity contribution in [2.45, 2.75) is 31.0 Å². The minimum Gasteiger partial charge on any atom is -0.489 e. The quantitative estimate of drug-likeness (QED) is 0.174. The third kappa shape index (κ3) is 5.90. The van der Waals surface area contributed by atoms with Crippen molar-refractivity contribution in [3.63, 3.8) is 0 Å². The first-order valence-corrected chi connectivity index (χ1v) is 14.5. The zero-order valence-electron chi connectivity index (χ0n) is 25.7. The Morgan fingerprint density at radius 3 is 2.45 bits per heavy atom. The first kappa shape index (κ1) is 33.0. The summed E-state index contributed by atoms with van der Waals surface area (Å²) in [6, 6.07) is 11.1. The first-order chi connectivity index (χ1) is 23.1. The number of primary amides is 1. The van der Waals surface area contributed by atoms with Gasteiger partial charge in [0.2, 0.25) is 11.5 Å². The van der Waals surface area contributed by atoms with Gasteiger partial charge >= 0.3 is 6.18 Å². The van der Waals surface area contributed by atoms with Crippen LogP contribution in [0.4, 0.5) is 23.2 Å². The summed E-state index contributed by atoms with van der Waals surface area (Å²) in [6.07, 6.45) is -2.85. The van der Waals surface area contributed by atoms with E-state index in [1.165, 1.54) is 44.3 Å². The van der Waals surface area contributed by atoms with Gasteiger partial charge in [0.1, 0.15) is 35.5 Å². The Hall–Kier alpha value is -5.90. The number of benzene rings is 2.